The van der Waals surface area contributed by atoms with Crippen LogP contribution in [0.4, 0.5) is 8.78 Å². The molecule has 0 atom stereocenters. The molecule has 146 valence electrons. The molecule has 0 bridgehead atoms. The van der Waals surface area contributed by atoms with Crippen molar-refractivity contribution in [2.24, 2.45) is 4.99 Å². The number of oxazole rings is 1. The zero-order chi connectivity index (χ0) is 19.8. The van der Waals surface area contributed by atoms with Crippen molar-refractivity contribution in [2.45, 2.75) is 12.8 Å². The maximum Gasteiger partial charge on any atom is 0.226 e. The van der Waals surface area contributed by atoms with Crippen molar-refractivity contribution >= 4 is 5.96 Å². The lowest BCUT2D eigenvalue weighted by Crippen LogP contribution is -2.39. The number of benzene rings is 2. The number of aliphatic imine (C=N–C) groups is 1. The molecule has 0 spiro atoms. The number of guanidine groups is 1. The molecule has 0 aliphatic heterocycles. The number of halogens is 2. The minimum absolute atomic E-state index is 0.229. The van der Waals surface area contributed by atoms with Gasteiger partial charge in [-0.1, -0.05) is 12.1 Å². The molecule has 28 heavy (non-hydrogen) atoms. The third-order valence-corrected chi connectivity index (χ3v) is 4.14. The van der Waals surface area contributed by atoms with Crippen molar-refractivity contribution in [3.05, 3.63) is 77.7 Å². The second kappa shape index (κ2) is 9.64. The Bertz CT molecular complexity index is 922. The zero-order valence-electron chi connectivity index (χ0n) is 15.6. The fraction of sp³-hybridized carbons (Fsp3) is 0.238. The largest absolute Gasteiger partial charge is 0.444 e. The van der Waals surface area contributed by atoms with Gasteiger partial charge in [-0.15, -0.1) is 0 Å². The molecular weight excluding hydrogens is 362 g/mol. The number of rotatable bonds is 7. The first kappa shape index (κ1) is 19.5. The Balaban J connectivity index is 1.42. The smallest absolute Gasteiger partial charge is 0.226 e. The van der Waals surface area contributed by atoms with Gasteiger partial charge in [0.1, 0.15) is 17.9 Å². The van der Waals surface area contributed by atoms with Crippen LogP contribution < -0.4 is 10.6 Å². The highest BCUT2D eigenvalue weighted by Crippen LogP contribution is 2.18. The molecule has 1 aromatic heterocycles. The van der Waals surface area contributed by atoms with Crippen LogP contribution in [0.15, 0.2) is 64.2 Å². The van der Waals surface area contributed by atoms with Crippen LogP contribution in [-0.2, 0) is 12.8 Å². The fourth-order valence-corrected chi connectivity index (χ4v) is 2.69. The van der Waals surface area contributed by atoms with Gasteiger partial charge in [0, 0.05) is 32.1 Å². The van der Waals surface area contributed by atoms with Gasteiger partial charge in [-0.25, -0.2) is 13.8 Å². The summed E-state index contributed by atoms with van der Waals surface area (Å²) in [7, 11) is 1.69. The van der Waals surface area contributed by atoms with E-state index >= 15 is 0 Å². The predicted octanol–water partition coefficient (Wildman–Crippen LogP) is 3.57. The van der Waals surface area contributed by atoms with E-state index in [1.807, 2.05) is 6.07 Å². The zero-order valence-corrected chi connectivity index (χ0v) is 15.6. The van der Waals surface area contributed by atoms with Gasteiger partial charge in [0.15, 0.2) is 5.96 Å². The summed E-state index contributed by atoms with van der Waals surface area (Å²) >= 11 is 0. The summed E-state index contributed by atoms with van der Waals surface area (Å²) in [5, 5.41) is 6.40. The van der Waals surface area contributed by atoms with E-state index in [1.165, 1.54) is 24.3 Å². The first-order valence-corrected chi connectivity index (χ1v) is 9.03. The Labute approximate surface area is 162 Å². The minimum atomic E-state index is -0.295. The molecule has 3 rings (SSSR count). The predicted molar refractivity (Wildman–Crippen MR) is 105 cm³/mol. The number of hydrogen-bond acceptors (Lipinski definition) is 3. The van der Waals surface area contributed by atoms with Crippen molar-refractivity contribution in [1.29, 1.82) is 0 Å². The molecule has 2 N–H and O–H groups in total. The summed E-state index contributed by atoms with van der Waals surface area (Å²) in [6.45, 7) is 1.26. The van der Waals surface area contributed by atoms with Crippen molar-refractivity contribution in [2.75, 3.05) is 20.1 Å². The van der Waals surface area contributed by atoms with Gasteiger partial charge < -0.3 is 15.1 Å². The van der Waals surface area contributed by atoms with Crippen LogP contribution in [0.3, 0.4) is 0 Å². The van der Waals surface area contributed by atoms with Gasteiger partial charge in [0.25, 0.3) is 0 Å². The highest BCUT2D eigenvalue weighted by molar-refractivity contribution is 5.79. The van der Waals surface area contributed by atoms with Crippen molar-refractivity contribution in [3.8, 4) is 11.5 Å². The molecule has 0 aliphatic carbocycles. The normalized spacial score (nSPS) is 11.5. The molecule has 0 radical (unpaired) electrons. The lowest BCUT2D eigenvalue weighted by atomic mass is 10.1. The lowest BCUT2D eigenvalue weighted by molar-refractivity contribution is 0.571. The summed E-state index contributed by atoms with van der Waals surface area (Å²) in [5.74, 6) is 0.606. The third-order valence-electron chi connectivity index (χ3n) is 4.14. The highest BCUT2D eigenvalue weighted by Gasteiger charge is 2.07. The molecule has 0 saturated heterocycles. The van der Waals surface area contributed by atoms with Crippen LogP contribution in [0.5, 0.6) is 0 Å². The van der Waals surface area contributed by atoms with E-state index in [1.54, 1.807) is 31.5 Å². The Morgan fingerprint density at radius 3 is 2.46 bits per heavy atom. The molecular formula is C21H22F2N4O. The van der Waals surface area contributed by atoms with Crippen LogP contribution in [0.25, 0.3) is 11.5 Å². The maximum absolute atomic E-state index is 13.2. The lowest BCUT2D eigenvalue weighted by Gasteiger charge is -2.11. The molecule has 5 nitrogen and oxygen atoms in total. The Morgan fingerprint density at radius 2 is 1.75 bits per heavy atom. The van der Waals surface area contributed by atoms with Gasteiger partial charge in [-0.2, -0.15) is 0 Å². The van der Waals surface area contributed by atoms with Crippen LogP contribution in [-0.4, -0.2) is 31.1 Å². The van der Waals surface area contributed by atoms with Gasteiger partial charge in [-0.05, 0) is 48.4 Å². The van der Waals surface area contributed by atoms with Crippen molar-refractivity contribution in [1.82, 2.24) is 15.6 Å². The molecule has 0 aliphatic rings. The Hall–Kier alpha value is -3.22. The molecule has 2 aromatic carbocycles. The molecule has 0 unspecified atom stereocenters. The standard InChI is InChI=1S/C21H22F2N4O/c1-24-21(25-11-9-15-3-2-4-18(23)13-15)26-12-10-19-14-28-20(27-19)16-5-7-17(22)8-6-16/h2-8,13-14H,9-12H2,1H3,(H2,24,25,26). The van der Waals surface area contributed by atoms with E-state index in [0.717, 1.165) is 16.8 Å². The van der Waals surface area contributed by atoms with E-state index in [9.17, 15) is 8.78 Å². The summed E-state index contributed by atoms with van der Waals surface area (Å²) in [4.78, 5) is 8.59. The fourth-order valence-electron chi connectivity index (χ4n) is 2.69. The minimum Gasteiger partial charge on any atom is -0.444 e. The van der Waals surface area contributed by atoms with E-state index in [-0.39, 0.29) is 11.6 Å². The Kier molecular flexibility index (Phi) is 6.73. The topological polar surface area (TPSA) is 62.5 Å². The molecule has 3 aromatic rings. The van der Waals surface area contributed by atoms with E-state index < -0.39 is 0 Å². The van der Waals surface area contributed by atoms with E-state index in [2.05, 4.69) is 20.6 Å². The van der Waals surface area contributed by atoms with Crippen LogP contribution in [0.1, 0.15) is 11.3 Å². The van der Waals surface area contributed by atoms with Gasteiger partial charge in [0.2, 0.25) is 5.89 Å². The highest BCUT2D eigenvalue weighted by atomic mass is 19.1. The van der Waals surface area contributed by atoms with E-state index in [0.29, 0.717) is 37.8 Å². The average Bonchev–Trinajstić information content (AvgIpc) is 3.16. The second-order valence-corrected chi connectivity index (χ2v) is 6.21. The first-order valence-electron chi connectivity index (χ1n) is 9.03. The molecule has 0 saturated carbocycles. The number of nitrogens with one attached hydrogen (secondary N) is 2. The van der Waals surface area contributed by atoms with Gasteiger partial charge >= 0.3 is 0 Å². The van der Waals surface area contributed by atoms with Crippen LogP contribution in [0, 0.1) is 11.6 Å². The van der Waals surface area contributed by atoms with E-state index in [4.69, 9.17) is 4.42 Å². The quantitative estimate of drug-likeness (QED) is 0.483. The number of aromatic nitrogens is 1. The summed E-state index contributed by atoms with van der Waals surface area (Å²) in [6.07, 6.45) is 2.94. The monoisotopic (exact) mass is 384 g/mol. The number of nitrogens with zero attached hydrogens (tertiary/aromatic N) is 2. The maximum atomic E-state index is 13.2. The van der Waals surface area contributed by atoms with Gasteiger partial charge in [-0.3, -0.25) is 4.99 Å². The third kappa shape index (κ3) is 5.64. The molecule has 7 heteroatoms. The SMILES string of the molecule is CN=C(NCCc1cccc(F)c1)NCCc1coc(-c2ccc(F)cc2)n1. The summed E-state index contributed by atoms with van der Waals surface area (Å²) in [6, 6.07) is 12.6. The van der Waals surface area contributed by atoms with Crippen molar-refractivity contribution in [3.63, 3.8) is 0 Å². The van der Waals surface area contributed by atoms with Crippen LogP contribution >= 0.6 is 0 Å². The second-order valence-electron chi connectivity index (χ2n) is 6.21. The Morgan fingerprint density at radius 1 is 1.00 bits per heavy atom. The van der Waals surface area contributed by atoms with Crippen LogP contribution in [0.2, 0.25) is 0 Å². The van der Waals surface area contributed by atoms with Crippen molar-refractivity contribution < 1.29 is 13.2 Å². The summed E-state index contributed by atoms with van der Waals surface area (Å²) in [5.41, 5.74) is 2.45. The molecule has 0 amide bonds. The first-order chi connectivity index (χ1) is 13.6. The summed E-state index contributed by atoms with van der Waals surface area (Å²) < 4.78 is 31.6. The van der Waals surface area contributed by atoms with Gasteiger partial charge in [0.05, 0.1) is 5.69 Å². The number of hydrogen-bond donors (Lipinski definition) is 2. The molecule has 1 heterocycles. The average molecular weight is 384 g/mol. The molecule has 0 fully saturated rings.